The van der Waals surface area contributed by atoms with Crippen LogP contribution in [0.3, 0.4) is 0 Å². The van der Waals surface area contributed by atoms with Crippen LogP contribution in [0.4, 0.5) is 0 Å². The first-order valence-electron chi connectivity index (χ1n) is 6.79. The molecule has 0 amide bonds. The van der Waals surface area contributed by atoms with Crippen LogP contribution in [0.25, 0.3) is 10.7 Å². The number of Topliss-reactive ketones (excluding diaryl/α,β-unsaturated/α-hetero) is 1. The molecular weight excluding hydrogens is 282 g/mol. The van der Waals surface area contributed by atoms with Crippen LogP contribution in [0, 0.1) is 13.8 Å². The maximum atomic E-state index is 12.6. The van der Waals surface area contributed by atoms with Gasteiger partial charge in [-0.15, -0.1) is 11.3 Å². The van der Waals surface area contributed by atoms with Crippen LogP contribution in [0.1, 0.15) is 21.7 Å². The van der Waals surface area contributed by atoms with E-state index in [4.69, 9.17) is 0 Å². The average Bonchev–Trinajstić information content (AvgIpc) is 3.16. The van der Waals surface area contributed by atoms with Gasteiger partial charge in [0.05, 0.1) is 11.4 Å². The summed E-state index contributed by atoms with van der Waals surface area (Å²) in [5, 5.41) is 2.01. The predicted molar refractivity (Wildman–Crippen MR) is 84.8 cm³/mol. The first-order chi connectivity index (χ1) is 10.1. The lowest BCUT2D eigenvalue weighted by Crippen LogP contribution is -2.11. The maximum absolute atomic E-state index is 12.6. The molecule has 21 heavy (non-hydrogen) atoms. The van der Waals surface area contributed by atoms with Crippen LogP contribution in [-0.2, 0) is 13.6 Å². The lowest BCUT2D eigenvalue weighted by atomic mass is 10.1. The molecule has 0 spiro atoms. The second-order valence-electron chi connectivity index (χ2n) is 5.12. The van der Waals surface area contributed by atoms with E-state index < -0.39 is 0 Å². The second kappa shape index (κ2) is 5.33. The Hall–Kier alpha value is -2.14. The minimum absolute atomic E-state index is 0.118. The number of carbonyl (C=O) groups excluding carboxylic acids is 1. The first kappa shape index (κ1) is 13.8. The Morgan fingerprint density at radius 2 is 2.19 bits per heavy atom. The average molecular weight is 299 g/mol. The molecule has 3 aromatic rings. The van der Waals surface area contributed by atoms with Gasteiger partial charge < -0.3 is 9.13 Å². The van der Waals surface area contributed by atoms with Gasteiger partial charge in [0.2, 0.25) is 0 Å². The minimum atomic E-state index is 0.118. The van der Waals surface area contributed by atoms with Crippen LogP contribution in [0.5, 0.6) is 0 Å². The quantitative estimate of drug-likeness (QED) is 0.692. The Balaban J connectivity index is 1.89. The van der Waals surface area contributed by atoms with Crippen molar-refractivity contribution >= 4 is 17.1 Å². The van der Waals surface area contributed by atoms with Crippen LogP contribution < -0.4 is 0 Å². The molecule has 0 radical (unpaired) electrons. The zero-order valence-corrected chi connectivity index (χ0v) is 13.1. The Kier molecular flexibility index (Phi) is 3.51. The monoisotopic (exact) mass is 299 g/mol. The molecule has 4 nitrogen and oxygen atoms in total. The highest BCUT2D eigenvalue weighted by Crippen LogP contribution is 2.23. The third-order valence-corrected chi connectivity index (χ3v) is 4.71. The van der Waals surface area contributed by atoms with Crippen LogP contribution in [0.2, 0.25) is 0 Å². The molecule has 3 aromatic heterocycles. The number of hydrogen-bond acceptors (Lipinski definition) is 3. The smallest absolute Gasteiger partial charge is 0.184 e. The number of hydrogen-bond donors (Lipinski definition) is 0. The van der Waals surface area contributed by atoms with Crippen molar-refractivity contribution in [3.05, 3.63) is 52.9 Å². The largest absolute Gasteiger partial charge is 0.351 e. The van der Waals surface area contributed by atoms with Gasteiger partial charge in [-0.1, -0.05) is 6.07 Å². The van der Waals surface area contributed by atoms with E-state index in [-0.39, 0.29) is 5.78 Å². The van der Waals surface area contributed by atoms with Crippen LogP contribution >= 0.6 is 11.3 Å². The van der Waals surface area contributed by atoms with Crippen molar-refractivity contribution in [1.29, 1.82) is 0 Å². The van der Waals surface area contributed by atoms with Gasteiger partial charge >= 0.3 is 0 Å². The highest BCUT2D eigenvalue weighted by molar-refractivity contribution is 7.13. The molecule has 0 unspecified atom stereocenters. The Labute approximate surface area is 127 Å². The zero-order valence-electron chi connectivity index (χ0n) is 12.3. The van der Waals surface area contributed by atoms with E-state index in [0.717, 1.165) is 27.7 Å². The van der Waals surface area contributed by atoms with Gasteiger partial charge in [-0.25, -0.2) is 4.98 Å². The number of rotatable bonds is 4. The van der Waals surface area contributed by atoms with Crippen LogP contribution in [-0.4, -0.2) is 19.9 Å². The molecule has 0 aliphatic rings. The fourth-order valence-corrected chi connectivity index (χ4v) is 3.18. The van der Waals surface area contributed by atoms with Gasteiger partial charge in [-0.2, -0.15) is 0 Å². The Morgan fingerprint density at radius 3 is 2.81 bits per heavy atom. The topological polar surface area (TPSA) is 39.8 Å². The summed E-state index contributed by atoms with van der Waals surface area (Å²) in [7, 11) is 1.98. The Bertz CT molecular complexity index is 781. The molecule has 0 bridgehead atoms. The SMILES string of the molecule is Cc1cc(C(=O)Cn2ccnc2-c2cccs2)c(C)n1C. The van der Waals surface area contributed by atoms with E-state index in [2.05, 4.69) is 4.98 Å². The van der Waals surface area contributed by atoms with Gasteiger partial charge in [0.25, 0.3) is 0 Å². The summed E-state index contributed by atoms with van der Waals surface area (Å²) >= 11 is 1.63. The minimum Gasteiger partial charge on any atom is -0.351 e. The van der Waals surface area contributed by atoms with E-state index >= 15 is 0 Å². The fourth-order valence-electron chi connectivity index (χ4n) is 2.45. The lowest BCUT2D eigenvalue weighted by Gasteiger charge is -2.06. The fraction of sp³-hybridized carbons (Fsp3) is 0.250. The van der Waals surface area contributed by atoms with Crippen molar-refractivity contribution in [2.45, 2.75) is 20.4 Å². The molecule has 0 saturated carbocycles. The molecule has 3 heterocycles. The van der Waals surface area contributed by atoms with E-state index in [0.29, 0.717) is 6.54 Å². The summed E-state index contributed by atoms with van der Waals surface area (Å²) in [4.78, 5) is 18.0. The summed E-state index contributed by atoms with van der Waals surface area (Å²) < 4.78 is 3.96. The summed E-state index contributed by atoms with van der Waals surface area (Å²) in [6.45, 7) is 4.31. The molecule has 0 aliphatic heterocycles. The van der Waals surface area contributed by atoms with E-state index in [1.54, 1.807) is 17.5 Å². The van der Waals surface area contributed by atoms with Crippen molar-refractivity contribution in [2.24, 2.45) is 7.05 Å². The van der Waals surface area contributed by atoms with Gasteiger partial charge in [-0.05, 0) is 31.4 Å². The summed E-state index contributed by atoms with van der Waals surface area (Å²) in [6.07, 6.45) is 3.60. The molecule has 0 atom stereocenters. The molecular formula is C16H17N3OS. The zero-order chi connectivity index (χ0) is 15.0. The third-order valence-electron chi connectivity index (χ3n) is 3.85. The summed E-state index contributed by atoms with van der Waals surface area (Å²) in [5.74, 6) is 0.968. The standard InChI is InChI=1S/C16H17N3OS/c1-11-9-13(12(2)18(11)3)14(20)10-19-7-6-17-16(19)15-5-4-8-21-15/h4-9H,10H2,1-3H3. The second-order valence-corrected chi connectivity index (χ2v) is 6.07. The first-order valence-corrected chi connectivity index (χ1v) is 7.67. The molecule has 108 valence electrons. The van der Waals surface area contributed by atoms with E-state index in [1.165, 1.54) is 0 Å². The van der Waals surface area contributed by atoms with Crippen molar-refractivity contribution in [3.8, 4) is 10.7 Å². The highest BCUT2D eigenvalue weighted by atomic mass is 32.1. The normalized spacial score (nSPS) is 11.0. The number of thiophene rings is 1. The molecule has 5 heteroatoms. The number of aromatic nitrogens is 3. The molecule has 0 aromatic carbocycles. The Morgan fingerprint density at radius 1 is 1.38 bits per heavy atom. The van der Waals surface area contributed by atoms with Gasteiger partial charge in [-0.3, -0.25) is 4.79 Å². The van der Waals surface area contributed by atoms with E-state index in [1.807, 2.05) is 59.8 Å². The van der Waals surface area contributed by atoms with Crippen LogP contribution in [0.15, 0.2) is 36.0 Å². The summed E-state index contributed by atoms with van der Waals surface area (Å²) in [5.41, 5.74) is 2.90. The van der Waals surface area contributed by atoms with Gasteiger partial charge in [0.15, 0.2) is 5.78 Å². The molecule has 3 rings (SSSR count). The maximum Gasteiger partial charge on any atom is 0.184 e. The number of nitrogens with zero attached hydrogens (tertiary/aromatic N) is 3. The van der Waals surface area contributed by atoms with Gasteiger partial charge in [0.1, 0.15) is 5.82 Å². The third kappa shape index (κ3) is 2.45. The number of ketones is 1. The lowest BCUT2D eigenvalue weighted by molar-refractivity contribution is 0.0972. The van der Waals surface area contributed by atoms with Crippen molar-refractivity contribution in [2.75, 3.05) is 0 Å². The van der Waals surface area contributed by atoms with E-state index in [9.17, 15) is 4.79 Å². The molecule has 0 saturated heterocycles. The van der Waals surface area contributed by atoms with Crippen molar-refractivity contribution in [1.82, 2.24) is 14.1 Å². The highest BCUT2D eigenvalue weighted by Gasteiger charge is 2.16. The number of aryl methyl sites for hydroxylation is 1. The number of imidazole rings is 1. The predicted octanol–water partition coefficient (Wildman–Crippen LogP) is 3.45. The van der Waals surface area contributed by atoms with Gasteiger partial charge in [0, 0.05) is 36.4 Å². The van der Waals surface area contributed by atoms with Crippen molar-refractivity contribution < 1.29 is 4.79 Å². The van der Waals surface area contributed by atoms with Crippen molar-refractivity contribution in [3.63, 3.8) is 0 Å². The number of carbonyl (C=O) groups is 1. The molecule has 0 fully saturated rings. The molecule has 0 aliphatic carbocycles. The summed E-state index contributed by atoms with van der Waals surface area (Å²) in [6, 6.07) is 5.97. The molecule has 0 N–H and O–H groups in total.